The van der Waals surface area contributed by atoms with Crippen LogP contribution in [0, 0.1) is 16.7 Å². The highest BCUT2D eigenvalue weighted by Crippen LogP contribution is 2.58. The average molecular weight is 429 g/mol. The van der Waals surface area contributed by atoms with Gasteiger partial charge in [0.1, 0.15) is 11.8 Å². The van der Waals surface area contributed by atoms with Crippen molar-refractivity contribution < 1.29 is 18.7 Å². The van der Waals surface area contributed by atoms with E-state index in [1.807, 2.05) is 4.90 Å². The number of hydrogen-bond acceptors (Lipinski definition) is 6. The predicted molar refractivity (Wildman–Crippen MR) is 109 cm³/mol. The molecule has 6 rings (SSSR count). The molecule has 0 radical (unpaired) electrons. The SMILES string of the molecule is CC1(C)CC(=O)C2=C(C1)NC1=C(CN=N1)C21COC2(CN(C(=O)C3CCC(F)C3)C2)C1. The van der Waals surface area contributed by atoms with Crippen LogP contribution in [0.4, 0.5) is 4.39 Å². The zero-order chi connectivity index (χ0) is 21.6. The molecule has 166 valence electrons. The third kappa shape index (κ3) is 2.79. The van der Waals surface area contributed by atoms with Gasteiger partial charge in [-0.25, -0.2) is 4.39 Å². The first-order valence-electron chi connectivity index (χ1n) is 11.4. The van der Waals surface area contributed by atoms with Crippen LogP contribution in [0.25, 0.3) is 0 Å². The Morgan fingerprint density at radius 2 is 2.06 bits per heavy atom. The van der Waals surface area contributed by atoms with E-state index in [0.717, 1.165) is 29.1 Å². The highest BCUT2D eigenvalue weighted by Gasteiger charge is 2.63. The van der Waals surface area contributed by atoms with Gasteiger partial charge < -0.3 is 15.0 Å². The molecule has 3 unspecified atom stereocenters. The number of amides is 1. The Morgan fingerprint density at radius 3 is 2.81 bits per heavy atom. The largest absolute Gasteiger partial charge is 0.370 e. The lowest BCUT2D eigenvalue weighted by Gasteiger charge is -2.49. The Labute approximate surface area is 181 Å². The Balaban J connectivity index is 1.27. The molecule has 1 saturated carbocycles. The van der Waals surface area contributed by atoms with E-state index in [4.69, 9.17) is 4.74 Å². The summed E-state index contributed by atoms with van der Waals surface area (Å²) in [6, 6.07) is 0. The van der Waals surface area contributed by atoms with Crippen LogP contribution in [0.1, 0.15) is 52.4 Å². The summed E-state index contributed by atoms with van der Waals surface area (Å²) in [5, 5.41) is 12.0. The number of alkyl halides is 1. The minimum atomic E-state index is -0.850. The van der Waals surface area contributed by atoms with Crippen molar-refractivity contribution in [1.29, 1.82) is 0 Å². The number of rotatable bonds is 1. The molecular formula is C23H29FN4O3. The van der Waals surface area contributed by atoms with Gasteiger partial charge in [-0.1, -0.05) is 13.8 Å². The van der Waals surface area contributed by atoms with Crippen LogP contribution in [0.15, 0.2) is 32.9 Å². The second kappa shape index (κ2) is 6.24. The minimum absolute atomic E-state index is 0.0572. The van der Waals surface area contributed by atoms with E-state index in [1.54, 1.807) is 0 Å². The molecule has 0 bridgehead atoms. The number of allylic oxidation sites excluding steroid dienone is 1. The Kier molecular flexibility index (Phi) is 3.94. The number of halogens is 1. The van der Waals surface area contributed by atoms with E-state index in [-0.39, 0.29) is 23.0 Å². The molecule has 8 heteroatoms. The van der Waals surface area contributed by atoms with Gasteiger partial charge in [-0.2, -0.15) is 5.11 Å². The number of Topliss-reactive ketones (excluding diaryl/α,β-unsaturated/α-hetero) is 1. The van der Waals surface area contributed by atoms with Gasteiger partial charge in [0, 0.05) is 29.2 Å². The first-order valence-corrected chi connectivity index (χ1v) is 11.4. The fourth-order valence-electron chi connectivity index (χ4n) is 6.77. The summed E-state index contributed by atoms with van der Waals surface area (Å²) < 4.78 is 20.0. The standard InChI is InChI=1S/C23H29FN4O3/c1-21(2)6-16-18(17(29)7-21)23(15-8-25-27-19(15)26-16)9-22(31-12-23)10-28(11-22)20(30)13-3-4-14(24)5-13/h13-14,26H,3-12H2,1-2H3. The van der Waals surface area contributed by atoms with Crippen LogP contribution in [0.3, 0.4) is 0 Å². The van der Waals surface area contributed by atoms with Crippen molar-refractivity contribution in [2.24, 2.45) is 27.0 Å². The third-order valence-corrected chi connectivity index (χ3v) is 8.12. The summed E-state index contributed by atoms with van der Waals surface area (Å²) in [7, 11) is 0. The van der Waals surface area contributed by atoms with E-state index in [9.17, 15) is 14.0 Å². The fourth-order valence-corrected chi connectivity index (χ4v) is 6.77. The summed E-state index contributed by atoms with van der Waals surface area (Å²) in [6.45, 7) is 6.20. The highest BCUT2D eigenvalue weighted by atomic mass is 19.1. The summed E-state index contributed by atoms with van der Waals surface area (Å²) in [6.07, 6.45) is 2.62. The second-order valence-corrected chi connectivity index (χ2v) is 11.2. The molecule has 2 aliphatic carbocycles. The van der Waals surface area contributed by atoms with Gasteiger partial charge >= 0.3 is 0 Å². The van der Waals surface area contributed by atoms with Gasteiger partial charge in [0.25, 0.3) is 0 Å². The van der Waals surface area contributed by atoms with Crippen molar-refractivity contribution in [3.8, 4) is 0 Å². The number of carbonyl (C=O) groups is 2. The summed E-state index contributed by atoms with van der Waals surface area (Å²) in [5.74, 6) is 0.823. The average Bonchev–Trinajstić information content (AvgIpc) is 3.37. The molecule has 2 saturated heterocycles. The van der Waals surface area contributed by atoms with Crippen molar-refractivity contribution >= 4 is 11.7 Å². The number of nitrogens with zero attached hydrogens (tertiary/aromatic N) is 3. The maximum absolute atomic E-state index is 13.6. The zero-order valence-electron chi connectivity index (χ0n) is 18.2. The number of hydrogen-bond donors (Lipinski definition) is 1. The van der Waals surface area contributed by atoms with Crippen LogP contribution in [0.2, 0.25) is 0 Å². The third-order valence-electron chi connectivity index (χ3n) is 8.12. The monoisotopic (exact) mass is 428 g/mol. The van der Waals surface area contributed by atoms with Crippen LogP contribution < -0.4 is 5.32 Å². The molecule has 7 nitrogen and oxygen atoms in total. The molecule has 6 aliphatic rings. The minimum Gasteiger partial charge on any atom is -0.370 e. The van der Waals surface area contributed by atoms with E-state index in [0.29, 0.717) is 58.3 Å². The van der Waals surface area contributed by atoms with E-state index < -0.39 is 17.2 Å². The normalized spacial score (nSPS) is 37.4. The van der Waals surface area contributed by atoms with E-state index in [1.165, 1.54) is 0 Å². The Morgan fingerprint density at radius 1 is 1.26 bits per heavy atom. The number of dihydropyridines is 1. The molecule has 3 atom stereocenters. The number of nitrogens with one attached hydrogen (secondary N) is 1. The van der Waals surface area contributed by atoms with Crippen molar-refractivity contribution in [3.63, 3.8) is 0 Å². The molecule has 4 heterocycles. The lowest BCUT2D eigenvalue weighted by atomic mass is 9.61. The molecule has 0 aromatic carbocycles. The van der Waals surface area contributed by atoms with E-state index in [2.05, 4.69) is 29.4 Å². The van der Waals surface area contributed by atoms with Gasteiger partial charge in [0.2, 0.25) is 5.91 Å². The number of carbonyl (C=O) groups excluding carboxylic acids is 2. The Bertz CT molecular complexity index is 977. The van der Waals surface area contributed by atoms with Crippen LogP contribution >= 0.6 is 0 Å². The molecule has 0 aromatic heterocycles. The smallest absolute Gasteiger partial charge is 0.225 e. The molecule has 31 heavy (non-hydrogen) atoms. The molecule has 1 amide bonds. The number of fused-ring (bicyclic) bond motifs is 2. The zero-order valence-corrected chi connectivity index (χ0v) is 18.2. The highest BCUT2D eigenvalue weighted by molar-refractivity contribution is 6.00. The lowest BCUT2D eigenvalue weighted by molar-refractivity contribution is -0.161. The number of ether oxygens (including phenoxy) is 1. The number of likely N-dealkylation sites (tertiary alicyclic amines) is 1. The molecular weight excluding hydrogens is 399 g/mol. The van der Waals surface area contributed by atoms with Gasteiger partial charge in [-0.05, 0) is 37.5 Å². The van der Waals surface area contributed by atoms with Crippen LogP contribution in [0.5, 0.6) is 0 Å². The van der Waals surface area contributed by atoms with Crippen LogP contribution in [-0.2, 0) is 14.3 Å². The Hall–Kier alpha value is -2.09. The molecule has 0 aromatic rings. The van der Waals surface area contributed by atoms with Crippen molar-refractivity contribution in [2.75, 3.05) is 26.2 Å². The van der Waals surface area contributed by atoms with Crippen molar-refractivity contribution in [2.45, 2.75) is 64.1 Å². The first kappa shape index (κ1) is 19.6. The maximum Gasteiger partial charge on any atom is 0.225 e. The second-order valence-electron chi connectivity index (χ2n) is 11.2. The summed E-state index contributed by atoms with van der Waals surface area (Å²) in [4.78, 5) is 28.0. The topological polar surface area (TPSA) is 83.4 Å². The molecule has 2 spiro atoms. The van der Waals surface area contributed by atoms with Crippen LogP contribution in [-0.4, -0.2) is 54.6 Å². The van der Waals surface area contributed by atoms with Gasteiger partial charge in [-0.3, -0.25) is 9.59 Å². The fraction of sp³-hybridized carbons (Fsp3) is 0.739. The predicted octanol–water partition coefficient (Wildman–Crippen LogP) is 3.04. The van der Waals surface area contributed by atoms with Crippen molar-refractivity contribution in [3.05, 3.63) is 22.7 Å². The summed E-state index contributed by atoms with van der Waals surface area (Å²) >= 11 is 0. The molecule has 1 N–H and O–H groups in total. The quantitative estimate of drug-likeness (QED) is 0.696. The molecule has 3 fully saturated rings. The van der Waals surface area contributed by atoms with Gasteiger partial charge in [0.05, 0.1) is 31.7 Å². The summed E-state index contributed by atoms with van der Waals surface area (Å²) in [5.41, 5.74) is 1.85. The maximum atomic E-state index is 13.6. The van der Waals surface area contributed by atoms with Gasteiger partial charge in [-0.15, -0.1) is 5.11 Å². The number of ketones is 1. The first-order chi connectivity index (χ1) is 14.7. The van der Waals surface area contributed by atoms with E-state index >= 15 is 0 Å². The van der Waals surface area contributed by atoms with Gasteiger partial charge in [0.15, 0.2) is 11.6 Å². The number of azo groups is 1. The lowest BCUT2D eigenvalue weighted by Crippen LogP contribution is -2.64. The van der Waals surface area contributed by atoms with Crippen molar-refractivity contribution in [1.82, 2.24) is 10.2 Å². The molecule has 4 aliphatic heterocycles.